The lowest BCUT2D eigenvalue weighted by Gasteiger charge is -2.10. The monoisotopic (exact) mass is 159 g/mol. The molecule has 0 aromatic rings. The normalized spacial score (nSPS) is 13.4. The van der Waals surface area contributed by atoms with Crippen molar-refractivity contribution in [2.45, 2.75) is 39.2 Å². The van der Waals surface area contributed by atoms with E-state index in [-0.39, 0.29) is 0 Å². The van der Waals surface area contributed by atoms with Gasteiger partial charge in [0.1, 0.15) is 0 Å². The van der Waals surface area contributed by atoms with Crippen molar-refractivity contribution in [3.8, 4) is 0 Å². The van der Waals surface area contributed by atoms with Crippen LogP contribution in [0.3, 0.4) is 0 Å². The van der Waals surface area contributed by atoms with Crippen molar-refractivity contribution in [2.24, 2.45) is 0 Å². The van der Waals surface area contributed by atoms with Gasteiger partial charge < -0.3 is 10.1 Å². The van der Waals surface area contributed by atoms with E-state index in [1.54, 1.807) is 7.11 Å². The molecule has 0 bridgehead atoms. The number of ether oxygens (including phenoxy) is 1. The zero-order valence-corrected chi connectivity index (χ0v) is 8.02. The smallest absolute Gasteiger partial charge is 0.0462 e. The molecular formula is C9H21NO. The van der Waals surface area contributed by atoms with E-state index in [1.165, 1.54) is 19.3 Å². The van der Waals surface area contributed by atoms with E-state index >= 15 is 0 Å². The topological polar surface area (TPSA) is 21.3 Å². The Bertz CT molecular complexity index is 76.0. The minimum absolute atomic E-state index is 0.664. The molecule has 0 aromatic carbocycles. The number of rotatable bonds is 7. The Labute approximate surface area is 70.3 Å². The van der Waals surface area contributed by atoms with Crippen molar-refractivity contribution in [1.82, 2.24) is 5.32 Å². The molecule has 0 aliphatic rings. The molecule has 1 N–H and O–H groups in total. The van der Waals surface area contributed by atoms with Gasteiger partial charge in [-0.3, -0.25) is 0 Å². The van der Waals surface area contributed by atoms with E-state index in [4.69, 9.17) is 4.74 Å². The van der Waals surface area contributed by atoms with Gasteiger partial charge in [0.2, 0.25) is 0 Å². The summed E-state index contributed by atoms with van der Waals surface area (Å²) in [7, 11) is 1.75. The van der Waals surface area contributed by atoms with Gasteiger partial charge in [-0.2, -0.15) is 0 Å². The van der Waals surface area contributed by atoms with Crippen LogP contribution in [0.5, 0.6) is 0 Å². The molecule has 0 rings (SSSR count). The Hall–Kier alpha value is -0.0800. The van der Waals surface area contributed by atoms with Gasteiger partial charge in [-0.1, -0.05) is 6.92 Å². The third-order valence-corrected chi connectivity index (χ3v) is 1.88. The van der Waals surface area contributed by atoms with E-state index in [0.29, 0.717) is 6.04 Å². The number of hydrogen-bond donors (Lipinski definition) is 1. The highest BCUT2D eigenvalue weighted by Gasteiger charge is 1.94. The van der Waals surface area contributed by atoms with Crippen molar-refractivity contribution >= 4 is 0 Å². The molecule has 0 spiro atoms. The maximum Gasteiger partial charge on any atom is 0.0462 e. The molecule has 0 aliphatic heterocycles. The molecule has 0 saturated carbocycles. The molecule has 0 radical (unpaired) electrons. The summed E-state index contributed by atoms with van der Waals surface area (Å²) in [5, 5.41) is 3.44. The van der Waals surface area contributed by atoms with Gasteiger partial charge in [0.05, 0.1) is 0 Å². The summed E-state index contributed by atoms with van der Waals surface area (Å²) in [4.78, 5) is 0. The lowest BCUT2D eigenvalue weighted by atomic mass is 10.2. The molecule has 2 nitrogen and oxygen atoms in total. The summed E-state index contributed by atoms with van der Waals surface area (Å²) in [6.07, 6.45) is 3.60. The fraction of sp³-hybridized carbons (Fsp3) is 1.00. The SMILES string of the molecule is CCC(C)NCCCCOC. The number of nitrogens with one attached hydrogen (secondary N) is 1. The van der Waals surface area contributed by atoms with Gasteiger partial charge in [-0.05, 0) is 32.7 Å². The Morgan fingerprint density at radius 1 is 1.36 bits per heavy atom. The highest BCUT2D eigenvalue weighted by atomic mass is 16.5. The maximum atomic E-state index is 4.95. The van der Waals surface area contributed by atoms with E-state index in [0.717, 1.165) is 13.2 Å². The average molecular weight is 159 g/mol. The van der Waals surface area contributed by atoms with Crippen LogP contribution in [-0.2, 0) is 4.74 Å². The van der Waals surface area contributed by atoms with Crippen molar-refractivity contribution in [3.05, 3.63) is 0 Å². The van der Waals surface area contributed by atoms with Crippen LogP contribution in [0.1, 0.15) is 33.1 Å². The van der Waals surface area contributed by atoms with Crippen LogP contribution in [0.25, 0.3) is 0 Å². The van der Waals surface area contributed by atoms with Gasteiger partial charge in [-0.25, -0.2) is 0 Å². The number of hydrogen-bond acceptors (Lipinski definition) is 2. The zero-order valence-electron chi connectivity index (χ0n) is 8.02. The predicted octanol–water partition coefficient (Wildman–Crippen LogP) is 1.80. The van der Waals surface area contributed by atoms with Crippen LogP contribution in [0.15, 0.2) is 0 Å². The van der Waals surface area contributed by atoms with Gasteiger partial charge >= 0.3 is 0 Å². The molecule has 68 valence electrons. The fourth-order valence-corrected chi connectivity index (χ4v) is 0.864. The van der Waals surface area contributed by atoms with Crippen LogP contribution >= 0.6 is 0 Å². The first-order chi connectivity index (χ1) is 5.31. The van der Waals surface area contributed by atoms with Crippen molar-refractivity contribution < 1.29 is 4.74 Å². The second kappa shape index (κ2) is 8.02. The first-order valence-electron chi connectivity index (χ1n) is 4.53. The molecule has 1 atom stereocenters. The Balaban J connectivity index is 2.89. The Kier molecular flexibility index (Phi) is 7.96. The molecule has 0 fully saturated rings. The summed E-state index contributed by atoms with van der Waals surface area (Å²) < 4.78 is 4.95. The minimum atomic E-state index is 0.664. The average Bonchev–Trinajstić information content (AvgIpc) is 2.04. The van der Waals surface area contributed by atoms with E-state index < -0.39 is 0 Å². The molecular weight excluding hydrogens is 138 g/mol. The first-order valence-corrected chi connectivity index (χ1v) is 4.53. The standard InChI is InChI=1S/C9H21NO/c1-4-9(2)10-7-5-6-8-11-3/h9-10H,4-8H2,1-3H3. The summed E-state index contributed by atoms with van der Waals surface area (Å²) in [5.41, 5.74) is 0. The molecule has 0 saturated heterocycles. The van der Waals surface area contributed by atoms with Gasteiger partial charge in [0, 0.05) is 19.8 Å². The highest BCUT2D eigenvalue weighted by molar-refractivity contribution is 4.56. The third kappa shape index (κ3) is 7.82. The summed E-state index contributed by atoms with van der Waals surface area (Å²) >= 11 is 0. The van der Waals surface area contributed by atoms with Crippen LogP contribution in [0, 0.1) is 0 Å². The quantitative estimate of drug-likeness (QED) is 0.572. The Morgan fingerprint density at radius 3 is 2.64 bits per heavy atom. The second-order valence-corrected chi connectivity index (χ2v) is 2.96. The molecule has 0 aliphatic carbocycles. The van der Waals surface area contributed by atoms with Crippen LogP contribution in [0.2, 0.25) is 0 Å². The van der Waals surface area contributed by atoms with Crippen LogP contribution < -0.4 is 5.32 Å². The number of unbranched alkanes of at least 4 members (excludes halogenated alkanes) is 1. The van der Waals surface area contributed by atoms with Gasteiger partial charge in [0.25, 0.3) is 0 Å². The molecule has 11 heavy (non-hydrogen) atoms. The Morgan fingerprint density at radius 2 is 2.09 bits per heavy atom. The summed E-state index contributed by atoms with van der Waals surface area (Å²) in [6, 6.07) is 0.664. The molecule has 0 heterocycles. The molecule has 0 amide bonds. The van der Waals surface area contributed by atoms with E-state index in [2.05, 4.69) is 19.2 Å². The van der Waals surface area contributed by atoms with Crippen LogP contribution in [0.4, 0.5) is 0 Å². The second-order valence-electron chi connectivity index (χ2n) is 2.96. The largest absolute Gasteiger partial charge is 0.385 e. The molecule has 0 aromatic heterocycles. The van der Waals surface area contributed by atoms with Crippen molar-refractivity contribution in [2.75, 3.05) is 20.3 Å². The summed E-state index contributed by atoms with van der Waals surface area (Å²) in [5.74, 6) is 0. The lowest BCUT2D eigenvalue weighted by molar-refractivity contribution is 0.192. The third-order valence-electron chi connectivity index (χ3n) is 1.88. The highest BCUT2D eigenvalue weighted by Crippen LogP contribution is 1.91. The van der Waals surface area contributed by atoms with E-state index in [1.807, 2.05) is 0 Å². The van der Waals surface area contributed by atoms with Crippen LogP contribution in [-0.4, -0.2) is 26.3 Å². The first kappa shape index (κ1) is 10.9. The molecule has 2 heteroatoms. The zero-order chi connectivity index (χ0) is 8.53. The minimum Gasteiger partial charge on any atom is -0.385 e. The fourth-order valence-electron chi connectivity index (χ4n) is 0.864. The van der Waals surface area contributed by atoms with Gasteiger partial charge in [0.15, 0.2) is 0 Å². The van der Waals surface area contributed by atoms with Gasteiger partial charge in [-0.15, -0.1) is 0 Å². The maximum absolute atomic E-state index is 4.95. The molecule has 1 unspecified atom stereocenters. The van der Waals surface area contributed by atoms with Crippen molar-refractivity contribution in [3.63, 3.8) is 0 Å². The summed E-state index contributed by atoms with van der Waals surface area (Å²) in [6.45, 7) is 6.43. The predicted molar refractivity (Wildman–Crippen MR) is 48.9 cm³/mol. The van der Waals surface area contributed by atoms with Crippen molar-refractivity contribution in [1.29, 1.82) is 0 Å². The van der Waals surface area contributed by atoms with E-state index in [9.17, 15) is 0 Å². The number of methoxy groups -OCH3 is 1. The lowest BCUT2D eigenvalue weighted by Crippen LogP contribution is -2.26.